The molecule has 88 valence electrons. The molecule has 0 aliphatic rings. The molecule has 2 heteroatoms. The molecule has 1 aromatic carbocycles. The fraction of sp³-hybridized carbons (Fsp3) is 0.500. The molecule has 0 radical (unpaired) electrons. The Morgan fingerprint density at radius 3 is 2.69 bits per heavy atom. The van der Waals surface area contributed by atoms with E-state index in [1.807, 2.05) is 18.2 Å². The molecule has 0 saturated carbocycles. The highest BCUT2D eigenvalue weighted by molar-refractivity contribution is 5.89. The van der Waals surface area contributed by atoms with E-state index in [0.717, 1.165) is 6.42 Å². The van der Waals surface area contributed by atoms with Gasteiger partial charge in [0.2, 0.25) is 0 Å². The Hall–Kier alpha value is -1.31. The number of hydrogen-bond donors (Lipinski definition) is 0. The summed E-state index contributed by atoms with van der Waals surface area (Å²) in [6.45, 7) is 4.28. The van der Waals surface area contributed by atoms with Crippen LogP contribution in [0.2, 0.25) is 0 Å². The molecule has 0 spiro atoms. The molecule has 0 aliphatic carbocycles. The average Bonchev–Trinajstić information content (AvgIpc) is 2.31. The van der Waals surface area contributed by atoms with Crippen LogP contribution in [0.5, 0.6) is 0 Å². The van der Waals surface area contributed by atoms with Crippen LogP contribution in [0, 0.1) is 6.92 Å². The number of aryl methyl sites for hydroxylation is 2. The molecule has 0 fully saturated rings. The first-order valence-electron chi connectivity index (χ1n) is 5.87. The predicted octanol–water partition coefficient (Wildman–Crippen LogP) is 3.51. The summed E-state index contributed by atoms with van der Waals surface area (Å²) in [6.07, 6.45) is 4.68. The van der Waals surface area contributed by atoms with Crippen LogP contribution in [-0.4, -0.2) is 13.1 Å². The van der Waals surface area contributed by atoms with E-state index in [1.54, 1.807) is 0 Å². The van der Waals surface area contributed by atoms with Crippen molar-refractivity contribution < 1.29 is 9.53 Å². The van der Waals surface area contributed by atoms with Gasteiger partial charge in [0.05, 0.1) is 12.7 Å². The maximum absolute atomic E-state index is 11.4. The number of rotatable bonds is 5. The summed E-state index contributed by atoms with van der Waals surface area (Å²) in [7, 11) is 1.42. The number of carbonyl (C=O) groups is 1. The lowest BCUT2D eigenvalue weighted by molar-refractivity contribution is 0.0600. The Labute approximate surface area is 97.6 Å². The lowest BCUT2D eigenvalue weighted by atomic mass is 10.00. The van der Waals surface area contributed by atoms with Gasteiger partial charge < -0.3 is 4.74 Å². The molecule has 0 unspecified atom stereocenters. The van der Waals surface area contributed by atoms with Crippen molar-refractivity contribution in [3.05, 3.63) is 34.9 Å². The van der Waals surface area contributed by atoms with Gasteiger partial charge in [0.25, 0.3) is 0 Å². The molecule has 0 aromatic heterocycles. The summed E-state index contributed by atoms with van der Waals surface area (Å²) in [5, 5.41) is 0. The van der Waals surface area contributed by atoms with Crippen molar-refractivity contribution in [1.29, 1.82) is 0 Å². The van der Waals surface area contributed by atoms with Gasteiger partial charge in [-0.05, 0) is 43.0 Å². The lowest BCUT2D eigenvalue weighted by Crippen LogP contribution is -2.03. The quantitative estimate of drug-likeness (QED) is 0.560. The zero-order valence-electron chi connectivity index (χ0n) is 10.4. The smallest absolute Gasteiger partial charge is 0.337 e. The number of hydrogen-bond acceptors (Lipinski definition) is 2. The van der Waals surface area contributed by atoms with Crippen molar-refractivity contribution in [2.45, 2.75) is 39.5 Å². The highest BCUT2D eigenvalue weighted by Crippen LogP contribution is 2.15. The monoisotopic (exact) mass is 220 g/mol. The fourth-order valence-electron chi connectivity index (χ4n) is 1.75. The molecule has 16 heavy (non-hydrogen) atoms. The number of ether oxygens (including phenoxy) is 1. The normalized spacial score (nSPS) is 10.2. The summed E-state index contributed by atoms with van der Waals surface area (Å²) < 4.78 is 4.72. The highest BCUT2D eigenvalue weighted by atomic mass is 16.5. The van der Waals surface area contributed by atoms with Crippen LogP contribution < -0.4 is 0 Å². The Morgan fingerprint density at radius 2 is 2.06 bits per heavy atom. The van der Waals surface area contributed by atoms with Gasteiger partial charge in [-0.2, -0.15) is 0 Å². The van der Waals surface area contributed by atoms with E-state index in [4.69, 9.17) is 4.74 Å². The van der Waals surface area contributed by atoms with Crippen molar-refractivity contribution in [3.8, 4) is 0 Å². The third kappa shape index (κ3) is 3.37. The molecular weight excluding hydrogens is 200 g/mol. The maximum Gasteiger partial charge on any atom is 0.337 e. The maximum atomic E-state index is 11.4. The average molecular weight is 220 g/mol. The van der Waals surface area contributed by atoms with Gasteiger partial charge >= 0.3 is 5.97 Å². The van der Waals surface area contributed by atoms with Gasteiger partial charge in [0.15, 0.2) is 0 Å². The molecule has 1 rings (SSSR count). The largest absolute Gasteiger partial charge is 0.465 e. The van der Waals surface area contributed by atoms with Gasteiger partial charge in [-0.3, -0.25) is 0 Å². The van der Waals surface area contributed by atoms with Crippen molar-refractivity contribution in [2.24, 2.45) is 0 Å². The second kappa shape index (κ2) is 6.31. The molecule has 0 heterocycles. The van der Waals surface area contributed by atoms with E-state index in [1.165, 1.54) is 37.5 Å². The highest BCUT2D eigenvalue weighted by Gasteiger charge is 2.07. The SMILES string of the molecule is CCCCCc1cc(C(=O)OC)ccc1C. The van der Waals surface area contributed by atoms with Crippen LogP contribution in [0.1, 0.15) is 47.7 Å². The molecule has 1 aromatic rings. The third-order valence-electron chi connectivity index (χ3n) is 2.82. The van der Waals surface area contributed by atoms with Crippen molar-refractivity contribution >= 4 is 5.97 Å². The zero-order chi connectivity index (χ0) is 12.0. The summed E-state index contributed by atoms with van der Waals surface area (Å²) in [5.74, 6) is -0.253. The minimum Gasteiger partial charge on any atom is -0.465 e. The van der Waals surface area contributed by atoms with Crippen LogP contribution in [0.15, 0.2) is 18.2 Å². The van der Waals surface area contributed by atoms with Gasteiger partial charge in [0, 0.05) is 0 Å². The second-order valence-electron chi connectivity index (χ2n) is 4.09. The van der Waals surface area contributed by atoms with E-state index in [2.05, 4.69) is 13.8 Å². The van der Waals surface area contributed by atoms with Crippen molar-refractivity contribution in [2.75, 3.05) is 7.11 Å². The number of benzene rings is 1. The minimum atomic E-state index is -0.253. The Morgan fingerprint density at radius 1 is 1.31 bits per heavy atom. The first-order valence-corrected chi connectivity index (χ1v) is 5.87. The topological polar surface area (TPSA) is 26.3 Å². The van der Waals surface area contributed by atoms with E-state index < -0.39 is 0 Å². The second-order valence-corrected chi connectivity index (χ2v) is 4.09. The number of unbranched alkanes of at least 4 members (excludes halogenated alkanes) is 2. The van der Waals surface area contributed by atoms with Gasteiger partial charge in [-0.15, -0.1) is 0 Å². The molecule has 2 nitrogen and oxygen atoms in total. The van der Waals surface area contributed by atoms with Gasteiger partial charge in [0.1, 0.15) is 0 Å². The van der Waals surface area contributed by atoms with Crippen LogP contribution in [-0.2, 0) is 11.2 Å². The van der Waals surface area contributed by atoms with Crippen LogP contribution in [0.25, 0.3) is 0 Å². The molecular formula is C14H20O2. The molecule has 0 saturated heterocycles. The van der Waals surface area contributed by atoms with Crippen molar-refractivity contribution in [3.63, 3.8) is 0 Å². The number of carbonyl (C=O) groups excluding carboxylic acids is 1. The standard InChI is InChI=1S/C14H20O2/c1-4-5-6-7-12-10-13(14(15)16-3)9-8-11(12)2/h8-10H,4-7H2,1-3H3. The first kappa shape index (κ1) is 12.8. The van der Waals surface area contributed by atoms with E-state index in [0.29, 0.717) is 5.56 Å². The lowest BCUT2D eigenvalue weighted by Gasteiger charge is -2.07. The molecule has 0 N–H and O–H groups in total. The fourth-order valence-corrected chi connectivity index (χ4v) is 1.75. The third-order valence-corrected chi connectivity index (χ3v) is 2.82. The minimum absolute atomic E-state index is 0.253. The zero-order valence-corrected chi connectivity index (χ0v) is 10.4. The predicted molar refractivity (Wildman–Crippen MR) is 65.7 cm³/mol. The number of methoxy groups -OCH3 is 1. The molecule has 0 bridgehead atoms. The Bertz CT molecular complexity index is 356. The van der Waals surface area contributed by atoms with E-state index in [9.17, 15) is 4.79 Å². The summed E-state index contributed by atoms with van der Waals surface area (Å²) in [5.41, 5.74) is 3.17. The Balaban J connectivity index is 2.78. The van der Waals surface area contributed by atoms with E-state index in [-0.39, 0.29) is 5.97 Å². The molecule has 0 aliphatic heterocycles. The van der Waals surface area contributed by atoms with E-state index >= 15 is 0 Å². The van der Waals surface area contributed by atoms with Crippen LogP contribution >= 0.6 is 0 Å². The molecule has 0 atom stereocenters. The van der Waals surface area contributed by atoms with Gasteiger partial charge in [-0.25, -0.2) is 4.79 Å². The summed E-state index contributed by atoms with van der Waals surface area (Å²) in [6, 6.07) is 5.77. The Kier molecular flexibility index (Phi) is 5.03. The summed E-state index contributed by atoms with van der Waals surface area (Å²) in [4.78, 5) is 11.4. The van der Waals surface area contributed by atoms with Crippen molar-refractivity contribution in [1.82, 2.24) is 0 Å². The molecule has 0 amide bonds. The van der Waals surface area contributed by atoms with Crippen LogP contribution in [0.4, 0.5) is 0 Å². The van der Waals surface area contributed by atoms with Gasteiger partial charge in [-0.1, -0.05) is 25.8 Å². The number of esters is 1. The first-order chi connectivity index (χ1) is 7.69. The van der Waals surface area contributed by atoms with Crippen LogP contribution in [0.3, 0.4) is 0 Å². The summed E-state index contributed by atoms with van der Waals surface area (Å²) >= 11 is 0.